The molecule has 0 bridgehead atoms. The zero-order chi connectivity index (χ0) is 8.15. The van der Waals surface area contributed by atoms with Crippen molar-refractivity contribution in [3.8, 4) is 0 Å². The Morgan fingerprint density at radius 2 is 2.10 bits per heavy atom. The van der Waals surface area contributed by atoms with Gasteiger partial charge in [-0.05, 0) is 0 Å². The quantitative estimate of drug-likeness (QED) is 0.354. The summed E-state index contributed by atoms with van der Waals surface area (Å²) < 4.78 is 0. The maximum Gasteiger partial charge on any atom is 0.219 e. The molecule has 0 heterocycles. The van der Waals surface area contributed by atoms with E-state index in [-0.39, 0.29) is 6.42 Å². The van der Waals surface area contributed by atoms with Crippen molar-refractivity contribution in [1.29, 1.82) is 0 Å². The average Bonchev–Trinajstić information content (AvgIpc) is 1.85. The lowest BCUT2D eigenvalue weighted by Crippen LogP contribution is -2.40. The van der Waals surface area contributed by atoms with E-state index in [4.69, 9.17) is 21.7 Å². The molecule has 0 spiro atoms. The molecule has 1 amide bonds. The Morgan fingerprint density at radius 1 is 1.60 bits per heavy atom. The van der Waals surface area contributed by atoms with E-state index in [1.54, 1.807) is 0 Å². The molecule has 60 valence electrons. The molecule has 0 rings (SSSR count). The second-order valence-corrected chi connectivity index (χ2v) is 2.08. The van der Waals surface area contributed by atoms with Gasteiger partial charge in [0.25, 0.3) is 0 Å². The second-order valence-electron chi connectivity index (χ2n) is 2.08. The molecule has 5 heteroatoms. The Morgan fingerprint density at radius 3 is 2.40 bits per heavy atom. The third-order valence-corrected chi connectivity index (χ3v) is 1.12. The Labute approximate surface area is 58.6 Å². The van der Waals surface area contributed by atoms with E-state index >= 15 is 0 Å². The summed E-state index contributed by atoms with van der Waals surface area (Å²) in [6, 6.07) is -0.762. The molecule has 0 aliphatic carbocycles. The second kappa shape index (κ2) is 4.21. The van der Waals surface area contributed by atoms with Crippen molar-refractivity contribution < 1.29 is 15.0 Å². The van der Waals surface area contributed by atoms with E-state index in [0.29, 0.717) is 0 Å². The largest absolute Gasteiger partial charge is 0.394 e. The molecule has 10 heavy (non-hydrogen) atoms. The molecule has 0 fully saturated rings. The highest BCUT2D eigenvalue weighted by Gasteiger charge is 2.15. The van der Waals surface area contributed by atoms with Gasteiger partial charge in [0.15, 0.2) is 0 Å². The maximum atomic E-state index is 10.2. The van der Waals surface area contributed by atoms with Gasteiger partial charge in [-0.3, -0.25) is 4.79 Å². The first-order valence-electron chi connectivity index (χ1n) is 2.90. The van der Waals surface area contributed by atoms with Crippen molar-refractivity contribution in [2.45, 2.75) is 18.6 Å². The lowest BCUT2D eigenvalue weighted by Gasteiger charge is -2.13. The Kier molecular flexibility index (Phi) is 3.94. The summed E-state index contributed by atoms with van der Waals surface area (Å²) in [5, 5.41) is 17.1. The molecule has 0 aromatic heterocycles. The Bertz CT molecular complexity index is 117. The summed E-state index contributed by atoms with van der Waals surface area (Å²) in [6.45, 7) is -0.450. The van der Waals surface area contributed by atoms with Crippen molar-refractivity contribution in [2.24, 2.45) is 11.5 Å². The molecule has 6 N–H and O–H groups in total. The van der Waals surface area contributed by atoms with Gasteiger partial charge in [-0.25, -0.2) is 0 Å². The van der Waals surface area contributed by atoms with Crippen LogP contribution in [-0.2, 0) is 4.79 Å². The van der Waals surface area contributed by atoms with Crippen molar-refractivity contribution in [3.05, 3.63) is 0 Å². The minimum absolute atomic E-state index is 0.109. The van der Waals surface area contributed by atoms with Crippen LogP contribution >= 0.6 is 0 Å². The normalized spacial score (nSPS) is 16.3. The first-order chi connectivity index (χ1) is 4.57. The van der Waals surface area contributed by atoms with Crippen molar-refractivity contribution in [3.63, 3.8) is 0 Å². The molecular formula is C5H12N2O3. The number of nitrogens with two attached hydrogens (primary N) is 2. The van der Waals surface area contributed by atoms with E-state index in [2.05, 4.69) is 0 Å². The highest BCUT2D eigenvalue weighted by molar-refractivity contribution is 5.74. The lowest BCUT2D eigenvalue weighted by molar-refractivity contribution is -0.119. The third-order valence-electron chi connectivity index (χ3n) is 1.12. The van der Waals surface area contributed by atoms with Gasteiger partial charge in [-0.2, -0.15) is 0 Å². The van der Waals surface area contributed by atoms with E-state index in [1.165, 1.54) is 0 Å². The summed E-state index contributed by atoms with van der Waals surface area (Å²) in [5.41, 5.74) is 9.99. The van der Waals surface area contributed by atoms with Crippen molar-refractivity contribution in [1.82, 2.24) is 0 Å². The van der Waals surface area contributed by atoms with Crippen LogP contribution in [0.3, 0.4) is 0 Å². The summed E-state index contributed by atoms with van der Waals surface area (Å²) in [6.07, 6.45) is -1.17. The third kappa shape index (κ3) is 3.39. The number of amides is 1. The van der Waals surface area contributed by atoms with Crippen LogP contribution in [0, 0.1) is 0 Å². The molecular weight excluding hydrogens is 136 g/mol. The molecule has 0 aromatic carbocycles. The van der Waals surface area contributed by atoms with Gasteiger partial charge in [-0.15, -0.1) is 0 Å². The molecule has 0 saturated carbocycles. The van der Waals surface area contributed by atoms with Crippen molar-refractivity contribution >= 4 is 5.91 Å². The zero-order valence-corrected chi connectivity index (χ0v) is 5.53. The van der Waals surface area contributed by atoms with E-state index in [9.17, 15) is 4.79 Å². The highest BCUT2D eigenvalue weighted by atomic mass is 16.3. The molecule has 5 nitrogen and oxygen atoms in total. The smallest absolute Gasteiger partial charge is 0.219 e. The number of hydrogen-bond acceptors (Lipinski definition) is 4. The zero-order valence-electron chi connectivity index (χ0n) is 5.53. The maximum absolute atomic E-state index is 10.2. The van der Waals surface area contributed by atoms with Crippen LogP contribution in [0.4, 0.5) is 0 Å². The van der Waals surface area contributed by atoms with E-state index < -0.39 is 24.7 Å². The van der Waals surface area contributed by atoms with Crippen LogP contribution in [0.15, 0.2) is 0 Å². The van der Waals surface area contributed by atoms with E-state index in [1.807, 2.05) is 0 Å². The fourth-order valence-corrected chi connectivity index (χ4v) is 0.504. The van der Waals surface area contributed by atoms with Crippen LogP contribution in [0.1, 0.15) is 6.42 Å². The Balaban J connectivity index is 3.61. The summed E-state index contributed by atoms with van der Waals surface area (Å²) >= 11 is 0. The average molecular weight is 148 g/mol. The standard InChI is InChI=1S/C5H12N2O3/c6-3(1-5(7)10)4(9)2-8/h3-4,8-9H,1-2,6H2,(H2,7,10)/t3?,4-/m1/s1. The molecule has 1 unspecified atom stereocenters. The number of primary amides is 1. The summed E-state index contributed by atoms with van der Waals surface area (Å²) in [5.74, 6) is -0.583. The minimum Gasteiger partial charge on any atom is -0.394 e. The Hall–Kier alpha value is -0.650. The topological polar surface area (TPSA) is 110 Å². The van der Waals surface area contributed by atoms with Gasteiger partial charge in [0.1, 0.15) is 0 Å². The molecule has 0 aliphatic rings. The number of carbonyl (C=O) groups is 1. The fourth-order valence-electron chi connectivity index (χ4n) is 0.504. The summed E-state index contributed by atoms with van der Waals surface area (Å²) in [7, 11) is 0. The van der Waals surface area contributed by atoms with E-state index in [0.717, 1.165) is 0 Å². The predicted molar refractivity (Wildman–Crippen MR) is 34.9 cm³/mol. The lowest BCUT2D eigenvalue weighted by atomic mass is 10.1. The molecule has 0 aliphatic heterocycles. The van der Waals surface area contributed by atoms with Crippen molar-refractivity contribution in [2.75, 3.05) is 6.61 Å². The monoisotopic (exact) mass is 148 g/mol. The van der Waals surface area contributed by atoms with Gasteiger partial charge in [0.05, 0.1) is 12.7 Å². The van der Waals surface area contributed by atoms with Gasteiger partial charge >= 0.3 is 0 Å². The molecule has 2 atom stereocenters. The fraction of sp³-hybridized carbons (Fsp3) is 0.800. The number of aliphatic hydroxyl groups is 2. The minimum atomic E-state index is -1.06. The number of hydrogen-bond donors (Lipinski definition) is 4. The number of aliphatic hydroxyl groups excluding tert-OH is 2. The van der Waals surface area contributed by atoms with Crippen LogP contribution in [0.2, 0.25) is 0 Å². The predicted octanol–water partition coefficient (Wildman–Crippen LogP) is -2.46. The molecule has 0 aromatic rings. The first kappa shape index (κ1) is 9.35. The molecule has 0 radical (unpaired) electrons. The van der Waals surface area contributed by atoms with Crippen LogP contribution in [0.5, 0.6) is 0 Å². The number of rotatable bonds is 4. The van der Waals surface area contributed by atoms with Gasteiger partial charge < -0.3 is 21.7 Å². The van der Waals surface area contributed by atoms with Gasteiger partial charge in [0, 0.05) is 12.5 Å². The van der Waals surface area contributed by atoms with Crippen LogP contribution < -0.4 is 11.5 Å². The van der Waals surface area contributed by atoms with Gasteiger partial charge in [-0.1, -0.05) is 0 Å². The number of carbonyl (C=O) groups excluding carboxylic acids is 1. The van der Waals surface area contributed by atoms with Gasteiger partial charge in [0.2, 0.25) is 5.91 Å². The highest BCUT2D eigenvalue weighted by Crippen LogP contribution is 1.93. The van der Waals surface area contributed by atoms with Crippen LogP contribution in [0.25, 0.3) is 0 Å². The van der Waals surface area contributed by atoms with Crippen LogP contribution in [-0.4, -0.2) is 34.9 Å². The first-order valence-corrected chi connectivity index (χ1v) is 2.90. The molecule has 0 saturated heterocycles. The SMILES string of the molecule is NC(=O)CC(N)[C@H](O)CO. The summed E-state index contributed by atoms with van der Waals surface area (Å²) in [4.78, 5) is 10.2.